The molecule has 0 saturated carbocycles. The van der Waals surface area contributed by atoms with E-state index in [2.05, 4.69) is 40.0 Å². The number of methoxy groups -OCH3 is 2. The Morgan fingerprint density at radius 1 is 0.485 bits per heavy atom. The molecule has 0 aliphatic carbocycles. The molecular formula is C51H59ClN8O6. The van der Waals surface area contributed by atoms with Crippen molar-refractivity contribution < 1.29 is 28.7 Å². The lowest BCUT2D eigenvalue weighted by atomic mass is 10.1. The highest BCUT2D eigenvalue weighted by Gasteiger charge is 2.18. The number of nitrogens with one attached hydrogen (secondary N) is 2. The lowest BCUT2D eigenvalue weighted by Gasteiger charge is -2.23. The minimum atomic E-state index is -0.217. The Kier molecular flexibility index (Phi) is 22.3. The van der Waals surface area contributed by atoms with Crippen LogP contribution in [0.15, 0.2) is 140 Å². The van der Waals surface area contributed by atoms with Gasteiger partial charge in [-0.05, 0) is 80.3 Å². The van der Waals surface area contributed by atoms with Crippen LogP contribution in [-0.4, -0.2) is 71.0 Å². The third-order valence-electron chi connectivity index (χ3n) is 9.95. The molecule has 0 aliphatic heterocycles. The second-order valence-corrected chi connectivity index (χ2v) is 15.1. The minimum absolute atomic E-state index is 0. The van der Waals surface area contributed by atoms with Gasteiger partial charge in [-0.3, -0.25) is 29.0 Å². The van der Waals surface area contributed by atoms with Gasteiger partial charge in [-0.25, -0.2) is 19.9 Å². The Hall–Kier alpha value is -7.19. The molecule has 0 saturated heterocycles. The van der Waals surface area contributed by atoms with Gasteiger partial charge in [0.25, 0.3) is 11.8 Å². The lowest BCUT2D eigenvalue weighted by molar-refractivity contribution is -0.141. The van der Waals surface area contributed by atoms with Gasteiger partial charge >= 0.3 is 11.9 Å². The third-order valence-corrected chi connectivity index (χ3v) is 10.2. The molecule has 0 aliphatic rings. The molecule has 0 atom stereocenters. The fourth-order valence-corrected chi connectivity index (χ4v) is 6.71. The maximum absolute atomic E-state index is 12.4. The highest BCUT2D eigenvalue weighted by atomic mass is 35.5. The summed E-state index contributed by atoms with van der Waals surface area (Å²) in [5.74, 6) is 0.144. The van der Waals surface area contributed by atoms with Crippen molar-refractivity contribution in [3.63, 3.8) is 0 Å². The van der Waals surface area contributed by atoms with Gasteiger partial charge in [-0.15, -0.1) is 0 Å². The van der Waals surface area contributed by atoms with Crippen molar-refractivity contribution >= 4 is 70.0 Å². The Morgan fingerprint density at radius 2 is 0.833 bits per heavy atom. The second kappa shape index (κ2) is 28.6. The van der Waals surface area contributed by atoms with E-state index in [0.29, 0.717) is 54.0 Å². The summed E-state index contributed by atoms with van der Waals surface area (Å²) < 4.78 is 9.24. The van der Waals surface area contributed by atoms with E-state index in [9.17, 15) is 19.2 Å². The molecule has 15 heteroatoms. The van der Waals surface area contributed by atoms with Crippen LogP contribution in [0, 0.1) is 0 Å². The van der Waals surface area contributed by atoms with Crippen LogP contribution in [0.1, 0.15) is 92.4 Å². The van der Waals surface area contributed by atoms with Crippen molar-refractivity contribution in [3.05, 3.63) is 156 Å². The molecule has 2 aromatic heterocycles. The smallest absolute Gasteiger partial charge is 0.305 e. The summed E-state index contributed by atoms with van der Waals surface area (Å²) in [6.45, 7) is 1.12. The highest BCUT2D eigenvalue weighted by Crippen LogP contribution is 2.33. The Bertz CT molecular complexity index is 2320. The Labute approximate surface area is 392 Å². The first-order chi connectivity index (χ1) is 31.8. The zero-order chi connectivity index (χ0) is 46.1. The van der Waals surface area contributed by atoms with E-state index in [4.69, 9.17) is 11.6 Å². The summed E-state index contributed by atoms with van der Waals surface area (Å²) >= 11 is 6.20. The first kappa shape index (κ1) is 51.4. The number of nitrogens with zero attached hydrogens (tertiary/aromatic N) is 6. The van der Waals surface area contributed by atoms with E-state index in [-0.39, 0.29) is 31.2 Å². The summed E-state index contributed by atoms with van der Waals surface area (Å²) in [4.78, 5) is 68.6. The maximum Gasteiger partial charge on any atom is 0.305 e. The molecule has 4 aromatic carbocycles. The highest BCUT2D eigenvalue weighted by molar-refractivity contribution is 6.30. The van der Waals surface area contributed by atoms with Crippen molar-refractivity contribution in [2.75, 3.05) is 37.1 Å². The number of benzene rings is 4. The lowest BCUT2D eigenvalue weighted by Crippen LogP contribution is -2.25. The molecule has 66 heavy (non-hydrogen) atoms. The molecule has 2 N–H and O–H groups in total. The number of esters is 2. The Balaban J connectivity index is 0.000000284. The number of para-hydroxylation sites is 3. The number of carbonyl (C=O) groups is 4. The molecule has 6 rings (SSSR count). The van der Waals surface area contributed by atoms with E-state index >= 15 is 0 Å². The van der Waals surface area contributed by atoms with Crippen LogP contribution in [0.2, 0.25) is 5.02 Å². The van der Waals surface area contributed by atoms with Crippen molar-refractivity contribution in [2.45, 2.75) is 71.6 Å². The van der Waals surface area contributed by atoms with Gasteiger partial charge in [0.15, 0.2) is 0 Å². The van der Waals surface area contributed by atoms with E-state index in [1.165, 1.54) is 26.6 Å². The van der Waals surface area contributed by atoms with Gasteiger partial charge in [0, 0.05) is 72.8 Å². The number of carbonyl (C=O) groups excluding carboxylic acids is 4. The zero-order valence-electron chi connectivity index (χ0n) is 36.8. The predicted octanol–water partition coefficient (Wildman–Crippen LogP) is 10.9. The standard InChI is InChI=1S/C25H27ClN4O3.C25H28N4O3.CH4/c1-33-23(31)14-7-2-3-8-15-27-24(32)19-17-28-25(29-18-19)30(21-11-5-4-6-12-21)22-13-9-10-20(26)16-22;1-32-23(30)16-10-2-3-11-17-26-24(31)20-18-27-25(28-19-20)29(21-12-6-4-7-13-21)22-14-8-5-9-15-22;/h4-6,9-13,16-18H,2-3,7-8,14-15H2,1H3,(H,27,32);4-9,12-15,18-19H,2-3,10-11,16-17H2,1H3,(H,26,31);1H4. The molecule has 14 nitrogen and oxygen atoms in total. The number of aromatic nitrogens is 4. The summed E-state index contributed by atoms with van der Waals surface area (Å²) in [6.07, 6.45) is 14.0. The normalized spacial score (nSPS) is 10.3. The topological polar surface area (TPSA) is 169 Å². The largest absolute Gasteiger partial charge is 0.469 e. The molecule has 6 aromatic rings. The van der Waals surface area contributed by atoms with Crippen molar-refractivity contribution in [1.82, 2.24) is 30.6 Å². The predicted molar refractivity (Wildman–Crippen MR) is 260 cm³/mol. The minimum Gasteiger partial charge on any atom is -0.469 e. The summed E-state index contributed by atoms with van der Waals surface area (Å²) in [5, 5.41) is 6.39. The Morgan fingerprint density at radius 3 is 1.20 bits per heavy atom. The third kappa shape index (κ3) is 16.7. The summed E-state index contributed by atoms with van der Waals surface area (Å²) in [5.41, 5.74) is 4.37. The van der Waals surface area contributed by atoms with E-state index in [0.717, 1.165) is 74.1 Å². The second-order valence-electron chi connectivity index (χ2n) is 14.7. The van der Waals surface area contributed by atoms with Crippen molar-refractivity contribution in [2.24, 2.45) is 0 Å². The molecule has 0 fully saturated rings. The number of rotatable bonds is 22. The fourth-order valence-electron chi connectivity index (χ4n) is 6.52. The monoisotopic (exact) mass is 914 g/mol. The van der Waals surface area contributed by atoms with Crippen molar-refractivity contribution in [3.8, 4) is 0 Å². The SMILES string of the molecule is C.COC(=O)CCCCCCNC(=O)c1cnc(N(c2ccccc2)c2cccc(Cl)c2)nc1.COC(=O)CCCCCCNC(=O)c1cnc(N(c2ccccc2)c2ccccc2)nc1. The average Bonchev–Trinajstić information content (AvgIpc) is 3.35. The number of halogens is 1. The summed E-state index contributed by atoms with van der Waals surface area (Å²) in [6, 6.07) is 36.9. The zero-order valence-corrected chi connectivity index (χ0v) is 37.5. The van der Waals surface area contributed by atoms with Gasteiger partial charge in [0.05, 0.1) is 31.0 Å². The van der Waals surface area contributed by atoms with E-state index in [1.807, 2.05) is 125 Å². The molecule has 0 bridgehead atoms. The van der Waals surface area contributed by atoms with Gasteiger partial charge in [0.1, 0.15) is 0 Å². The maximum atomic E-state index is 12.4. The first-order valence-corrected chi connectivity index (χ1v) is 22.0. The number of unbranched alkanes of at least 4 members (excludes halogenated alkanes) is 6. The van der Waals surface area contributed by atoms with Crippen LogP contribution in [0.3, 0.4) is 0 Å². The average molecular weight is 916 g/mol. The van der Waals surface area contributed by atoms with Gasteiger partial charge < -0.3 is 20.1 Å². The van der Waals surface area contributed by atoms with Crippen LogP contribution < -0.4 is 20.4 Å². The number of hydrogen-bond acceptors (Lipinski definition) is 12. The van der Waals surface area contributed by atoms with Crippen LogP contribution in [0.5, 0.6) is 0 Å². The summed E-state index contributed by atoms with van der Waals surface area (Å²) in [7, 11) is 2.79. The number of hydrogen-bond donors (Lipinski definition) is 2. The first-order valence-electron chi connectivity index (χ1n) is 21.6. The quantitative estimate of drug-likeness (QED) is 0.0489. The molecule has 2 heterocycles. The van der Waals surface area contributed by atoms with Gasteiger partial charge in [-0.2, -0.15) is 0 Å². The van der Waals surface area contributed by atoms with Crippen LogP contribution in [-0.2, 0) is 19.1 Å². The van der Waals surface area contributed by atoms with Gasteiger partial charge in [-0.1, -0.05) is 105 Å². The van der Waals surface area contributed by atoms with Crippen LogP contribution in [0.25, 0.3) is 0 Å². The molecule has 0 radical (unpaired) electrons. The van der Waals surface area contributed by atoms with E-state index < -0.39 is 0 Å². The molecule has 346 valence electrons. The van der Waals surface area contributed by atoms with Crippen LogP contribution in [0.4, 0.5) is 34.6 Å². The molecular weight excluding hydrogens is 856 g/mol. The molecule has 2 amide bonds. The number of ether oxygens (including phenoxy) is 2. The fraction of sp³-hybridized carbons (Fsp3) is 0.294. The van der Waals surface area contributed by atoms with Crippen molar-refractivity contribution in [1.29, 1.82) is 0 Å². The van der Waals surface area contributed by atoms with Gasteiger partial charge in [0.2, 0.25) is 11.9 Å². The number of amides is 2. The molecule has 0 spiro atoms. The molecule has 0 unspecified atom stereocenters. The van der Waals surface area contributed by atoms with E-state index in [1.54, 1.807) is 12.4 Å². The number of anilines is 6. The van der Waals surface area contributed by atoms with Crippen LogP contribution >= 0.6 is 11.6 Å².